The highest BCUT2D eigenvalue weighted by Crippen LogP contribution is 2.17. The predicted molar refractivity (Wildman–Crippen MR) is 98.0 cm³/mol. The Hall–Kier alpha value is -2.65. The van der Waals surface area contributed by atoms with Crippen LogP contribution in [0.15, 0.2) is 52.5 Å². The third-order valence-corrected chi connectivity index (χ3v) is 5.84. The van der Waals surface area contributed by atoms with Crippen LogP contribution >= 0.6 is 0 Å². The fraction of sp³-hybridized carbons (Fsp3) is 0.222. The lowest BCUT2D eigenvalue weighted by molar-refractivity contribution is 0.0955. The van der Waals surface area contributed by atoms with Crippen molar-refractivity contribution in [3.63, 3.8) is 0 Å². The number of hydrogen-bond donors (Lipinski definition) is 1. The first-order valence-electron chi connectivity index (χ1n) is 8.18. The maximum atomic E-state index is 13.5. The van der Waals surface area contributed by atoms with Gasteiger partial charge in [0.05, 0.1) is 16.7 Å². The first-order chi connectivity index (χ1) is 12.8. The lowest BCUT2D eigenvalue weighted by atomic mass is 10.2. The summed E-state index contributed by atoms with van der Waals surface area (Å²) < 4.78 is 53.3. The third-order valence-electron chi connectivity index (χ3n) is 3.80. The number of hydrogen-bond acceptors (Lipinski definition) is 4. The minimum absolute atomic E-state index is 0.0250. The normalized spacial score (nSPS) is 11.9. The molecule has 9 heteroatoms. The van der Waals surface area contributed by atoms with Crippen LogP contribution < -0.4 is 5.43 Å². The van der Waals surface area contributed by atoms with Gasteiger partial charge in [-0.3, -0.25) is 4.79 Å². The highest BCUT2D eigenvalue weighted by molar-refractivity contribution is 7.89. The zero-order valence-corrected chi connectivity index (χ0v) is 15.6. The second-order valence-electron chi connectivity index (χ2n) is 5.45. The molecule has 2 aromatic rings. The SMILES string of the molecule is CCN(CC)S(=O)(=O)c1cccc(C(=O)N/N=C\c2c(F)cccc2F)c1. The molecule has 0 unspecified atom stereocenters. The van der Waals surface area contributed by atoms with E-state index >= 15 is 0 Å². The van der Waals surface area contributed by atoms with Crippen molar-refractivity contribution in [3.05, 3.63) is 65.2 Å². The summed E-state index contributed by atoms with van der Waals surface area (Å²) >= 11 is 0. The first-order valence-corrected chi connectivity index (χ1v) is 9.62. The molecular weight excluding hydrogens is 376 g/mol. The summed E-state index contributed by atoms with van der Waals surface area (Å²) in [4.78, 5) is 12.1. The van der Waals surface area contributed by atoms with Gasteiger partial charge in [0.2, 0.25) is 10.0 Å². The molecule has 1 amide bonds. The van der Waals surface area contributed by atoms with E-state index in [0.717, 1.165) is 18.3 Å². The van der Waals surface area contributed by atoms with Crippen LogP contribution in [0, 0.1) is 11.6 Å². The summed E-state index contributed by atoms with van der Waals surface area (Å²) in [6, 6.07) is 8.80. The molecule has 2 rings (SSSR count). The van der Waals surface area contributed by atoms with E-state index in [1.165, 1.54) is 34.6 Å². The molecule has 0 bridgehead atoms. The number of sulfonamides is 1. The van der Waals surface area contributed by atoms with Crippen LogP contribution in [0.2, 0.25) is 0 Å². The summed E-state index contributed by atoms with van der Waals surface area (Å²) in [6.45, 7) is 4.03. The van der Waals surface area contributed by atoms with Gasteiger partial charge in [0.1, 0.15) is 11.6 Å². The van der Waals surface area contributed by atoms with Crippen molar-refractivity contribution in [1.82, 2.24) is 9.73 Å². The van der Waals surface area contributed by atoms with E-state index < -0.39 is 33.1 Å². The van der Waals surface area contributed by atoms with E-state index in [-0.39, 0.29) is 10.5 Å². The summed E-state index contributed by atoms with van der Waals surface area (Å²) in [7, 11) is -3.72. The van der Waals surface area contributed by atoms with Crippen LogP contribution in [0.5, 0.6) is 0 Å². The molecule has 0 radical (unpaired) electrons. The molecule has 0 aromatic heterocycles. The van der Waals surface area contributed by atoms with Crippen LogP contribution in [0.25, 0.3) is 0 Å². The Morgan fingerprint density at radius 2 is 1.70 bits per heavy atom. The van der Waals surface area contributed by atoms with Crippen molar-refractivity contribution in [2.45, 2.75) is 18.7 Å². The van der Waals surface area contributed by atoms with Gasteiger partial charge in [-0.25, -0.2) is 22.6 Å². The topological polar surface area (TPSA) is 78.8 Å². The van der Waals surface area contributed by atoms with E-state index in [4.69, 9.17) is 0 Å². The molecular formula is C18H19F2N3O3S. The second-order valence-corrected chi connectivity index (χ2v) is 7.39. The third kappa shape index (κ3) is 4.75. The van der Waals surface area contributed by atoms with E-state index in [9.17, 15) is 22.0 Å². The zero-order chi connectivity index (χ0) is 20.0. The van der Waals surface area contributed by atoms with Gasteiger partial charge in [0.25, 0.3) is 5.91 Å². The van der Waals surface area contributed by atoms with E-state index in [1.807, 2.05) is 0 Å². The molecule has 1 N–H and O–H groups in total. The summed E-state index contributed by atoms with van der Waals surface area (Å²) in [5.74, 6) is -2.35. The van der Waals surface area contributed by atoms with Crippen molar-refractivity contribution in [1.29, 1.82) is 0 Å². The standard InChI is InChI=1S/C18H19F2N3O3S/c1-3-23(4-2)27(25,26)14-8-5-7-13(11-14)18(24)22-21-12-15-16(19)9-6-10-17(15)20/h5-12H,3-4H2,1-2H3,(H,22,24)/b21-12-. The quantitative estimate of drug-likeness (QED) is 0.578. The average molecular weight is 395 g/mol. The lowest BCUT2D eigenvalue weighted by Gasteiger charge is -2.18. The number of halogens is 2. The van der Waals surface area contributed by atoms with Crippen molar-refractivity contribution in [3.8, 4) is 0 Å². The molecule has 0 aliphatic heterocycles. The molecule has 0 saturated carbocycles. The van der Waals surface area contributed by atoms with E-state index in [1.54, 1.807) is 13.8 Å². The van der Waals surface area contributed by atoms with Crippen LogP contribution in [-0.4, -0.2) is 37.9 Å². The molecule has 0 saturated heterocycles. The molecule has 144 valence electrons. The van der Waals surface area contributed by atoms with Gasteiger partial charge in [-0.05, 0) is 30.3 Å². The molecule has 27 heavy (non-hydrogen) atoms. The van der Waals surface area contributed by atoms with Crippen LogP contribution in [-0.2, 0) is 10.0 Å². The molecule has 0 fully saturated rings. The number of nitrogens with one attached hydrogen (secondary N) is 1. The van der Waals surface area contributed by atoms with E-state index in [0.29, 0.717) is 13.1 Å². The first kappa shape index (κ1) is 20.7. The number of carbonyl (C=O) groups is 1. The second kappa shape index (κ2) is 8.83. The molecule has 6 nitrogen and oxygen atoms in total. The van der Waals surface area contributed by atoms with Gasteiger partial charge in [-0.1, -0.05) is 26.0 Å². The van der Waals surface area contributed by atoms with Gasteiger partial charge in [0.15, 0.2) is 0 Å². The largest absolute Gasteiger partial charge is 0.271 e. The monoisotopic (exact) mass is 395 g/mol. The van der Waals surface area contributed by atoms with E-state index in [2.05, 4.69) is 10.5 Å². The molecule has 0 aliphatic carbocycles. The Morgan fingerprint density at radius 1 is 1.11 bits per heavy atom. The highest BCUT2D eigenvalue weighted by Gasteiger charge is 2.22. The summed E-state index contributed by atoms with van der Waals surface area (Å²) in [5, 5.41) is 3.53. The van der Waals surface area contributed by atoms with Crippen LogP contribution in [0.1, 0.15) is 29.8 Å². The molecule has 0 heterocycles. The van der Waals surface area contributed by atoms with Crippen molar-refractivity contribution >= 4 is 22.1 Å². The maximum Gasteiger partial charge on any atom is 0.271 e. The number of benzene rings is 2. The fourth-order valence-electron chi connectivity index (χ4n) is 2.36. The van der Waals surface area contributed by atoms with Crippen molar-refractivity contribution < 1.29 is 22.0 Å². The minimum atomic E-state index is -3.72. The van der Waals surface area contributed by atoms with Crippen LogP contribution in [0.4, 0.5) is 8.78 Å². The number of amides is 1. The highest BCUT2D eigenvalue weighted by atomic mass is 32.2. The maximum absolute atomic E-state index is 13.5. The molecule has 0 atom stereocenters. The van der Waals surface area contributed by atoms with Gasteiger partial charge in [-0.2, -0.15) is 9.41 Å². The van der Waals surface area contributed by atoms with Gasteiger partial charge in [0, 0.05) is 18.7 Å². The average Bonchev–Trinajstić information content (AvgIpc) is 2.65. The summed E-state index contributed by atoms with van der Waals surface area (Å²) in [6.07, 6.45) is 0.846. The predicted octanol–water partition coefficient (Wildman–Crippen LogP) is 2.76. The number of hydrazone groups is 1. The van der Waals surface area contributed by atoms with Crippen molar-refractivity contribution in [2.24, 2.45) is 5.10 Å². The van der Waals surface area contributed by atoms with Crippen molar-refractivity contribution in [2.75, 3.05) is 13.1 Å². The summed E-state index contributed by atoms with van der Waals surface area (Å²) in [5.41, 5.74) is 1.78. The van der Waals surface area contributed by atoms with Crippen LogP contribution in [0.3, 0.4) is 0 Å². The fourth-order valence-corrected chi connectivity index (χ4v) is 3.87. The Bertz CT molecular complexity index is 938. The van der Waals surface area contributed by atoms with Gasteiger partial charge in [-0.15, -0.1) is 0 Å². The molecule has 2 aromatic carbocycles. The van der Waals surface area contributed by atoms with Gasteiger partial charge >= 0.3 is 0 Å². The Morgan fingerprint density at radius 3 is 2.30 bits per heavy atom. The Balaban J connectivity index is 2.20. The number of carbonyl (C=O) groups excluding carboxylic acids is 1. The number of rotatable bonds is 7. The number of nitrogens with zero attached hydrogens (tertiary/aromatic N) is 2. The molecule has 0 aliphatic rings. The Kier molecular flexibility index (Phi) is 6.75. The smallest absolute Gasteiger partial charge is 0.267 e. The zero-order valence-electron chi connectivity index (χ0n) is 14.8. The lowest BCUT2D eigenvalue weighted by Crippen LogP contribution is -2.30. The minimum Gasteiger partial charge on any atom is -0.267 e. The van der Waals surface area contributed by atoms with Gasteiger partial charge < -0.3 is 0 Å². The Labute approximate surface area is 156 Å². The molecule has 0 spiro atoms.